The van der Waals surface area contributed by atoms with Crippen LogP contribution >= 0.6 is 11.3 Å². The van der Waals surface area contributed by atoms with Gasteiger partial charge in [-0.3, -0.25) is 9.59 Å². The molecule has 0 spiro atoms. The average molecular weight is 627 g/mol. The number of anilines is 1. The van der Waals surface area contributed by atoms with Gasteiger partial charge in [0.1, 0.15) is 11.9 Å². The van der Waals surface area contributed by atoms with Crippen molar-refractivity contribution in [3.8, 4) is 5.75 Å². The number of hydrogen-bond acceptors (Lipinski definition) is 8. The molecule has 2 amide bonds. The van der Waals surface area contributed by atoms with Crippen molar-refractivity contribution in [1.82, 2.24) is 14.2 Å². The Hall–Kier alpha value is -3.91. The number of benzene rings is 3. The molecule has 5 rings (SSSR count). The lowest BCUT2D eigenvalue weighted by atomic mass is 9.99. The number of sulfonamides is 1. The van der Waals surface area contributed by atoms with Gasteiger partial charge in [0.05, 0.1) is 45.6 Å². The van der Waals surface area contributed by atoms with Crippen LogP contribution in [0.1, 0.15) is 34.0 Å². The van der Waals surface area contributed by atoms with Crippen LogP contribution in [0.5, 0.6) is 5.75 Å². The summed E-state index contributed by atoms with van der Waals surface area (Å²) in [5.74, 6) is -1.76. The molecule has 2 N–H and O–H groups in total. The standard InChI is InChI=1S/C30H31FN4O6S2/c1-18-15-35(19(2)17-36)30(38)22-7-6-9-24(32-28(37)29-33-23-8-4-5-10-26(23)42-29)27(22)41-25(18)16-34(3)43(39,40)21-13-11-20(31)12-14-21/h4-14,18-19,25,36H,15-17H2,1-3H3,(H,32,37)/t18-,19-,25-/m0/s1. The van der Waals surface area contributed by atoms with Crippen LogP contribution in [0.15, 0.2) is 71.6 Å². The van der Waals surface area contributed by atoms with Gasteiger partial charge in [0.15, 0.2) is 10.8 Å². The Morgan fingerprint density at radius 3 is 2.60 bits per heavy atom. The molecule has 1 aromatic heterocycles. The molecule has 13 heteroatoms. The topological polar surface area (TPSA) is 129 Å². The van der Waals surface area contributed by atoms with Crippen LogP contribution in [-0.4, -0.2) is 78.4 Å². The van der Waals surface area contributed by atoms with Crippen LogP contribution in [0.4, 0.5) is 10.1 Å². The first-order valence-electron chi connectivity index (χ1n) is 13.6. The molecule has 0 bridgehead atoms. The van der Waals surface area contributed by atoms with E-state index in [9.17, 15) is 27.5 Å². The van der Waals surface area contributed by atoms with Gasteiger partial charge < -0.3 is 20.1 Å². The summed E-state index contributed by atoms with van der Waals surface area (Å²) in [5, 5.41) is 13.0. The summed E-state index contributed by atoms with van der Waals surface area (Å²) in [5.41, 5.74) is 1.05. The molecule has 0 radical (unpaired) electrons. The number of aliphatic hydroxyl groups is 1. The van der Waals surface area contributed by atoms with Crippen LogP contribution < -0.4 is 10.1 Å². The molecule has 3 atom stereocenters. The Morgan fingerprint density at radius 1 is 1.19 bits per heavy atom. The van der Waals surface area contributed by atoms with Crippen LogP contribution in [0.3, 0.4) is 0 Å². The molecule has 1 aliphatic rings. The largest absolute Gasteiger partial charge is 0.486 e. The number of para-hydroxylation sites is 2. The number of fused-ring (bicyclic) bond motifs is 2. The first-order valence-corrected chi connectivity index (χ1v) is 15.9. The lowest BCUT2D eigenvalue weighted by molar-refractivity contribution is 0.0388. The third-order valence-electron chi connectivity index (χ3n) is 7.39. The molecule has 0 unspecified atom stereocenters. The number of likely N-dealkylation sites (N-methyl/N-ethyl adjacent to an activating group) is 1. The van der Waals surface area contributed by atoms with Crippen molar-refractivity contribution in [2.24, 2.45) is 5.92 Å². The number of ether oxygens (including phenoxy) is 1. The fraction of sp³-hybridized carbons (Fsp3) is 0.300. The fourth-order valence-corrected chi connectivity index (χ4v) is 6.89. The number of carbonyl (C=O) groups is 2. The minimum absolute atomic E-state index is 0.0789. The second kappa shape index (κ2) is 12.4. The monoisotopic (exact) mass is 626 g/mol. The summed E-state index contributed by atoms with van der Waals surface area (Å²) < 4.78 is 48.5. The summed E-state index contributed by atoms with van der Waals surface area (Å²) in [7, 11) is -2.61. The van der Waals surface area contributed by atoms with Crippen LogP contribution in [0, 0.1) is 11.7 Å². The molecule has 4 aromatic rings. The highest BCUT2D eigenvalue weighted by Crippen LogP contribution is 2.36. The van der Waals surface area contributed by atoms with E-state index in [0.29, 0.717) is 5.52 Å². The van der Waals surface area contributed by atoms with Crippen LogP contribution in [0.2, 0.25) is 0 Å². The zero-order valence-corrected chi connectivity index (χ0v) is 25.4. The molecule has 2 heterocycles. The third kappa shape index (κ3) is 6.25. The SMILES string of the molecule is C[C@H]1CN([C@@H](C)CO)C(=O)c2cccc(NC(=O)c3nc4ccccc4s3)c2O[C@H]1CN(C)S(=O)(=O)c1ccc(F)cc1. The number of amides is 2. The van der Waals surface area contributed by atoms with E-state index in [-0.39, 0.29) is 46.6 Å². The molecule has 0 saturated heterocycles. The van der Waals surface area contributed by atoms with Gasteiger partial charge in [0.25, 0.3) is 11.8 Å². The van der Waals surface area contributed by atoms with E-state index in [1.165, 1.54) is 35.4 Å². The lowest BCUT2D eigenvalue weighted by Crippen LogP contribution is -2.50. The van der Waals surface area contributed by atoms with Crippen LogP contribution in [0.25, 0.3) is 10.2 Å². The Morgan fingerprint density at radius 2 is 1.91 bits per heavy atom. The van der Waals surface area contributed by atoms with E-state index in [2.05, 4.69) is 10.3 Å². The second-order valence-electron chi connectivity index (χ2n) is 10.5. The first kappa shape index (κ1) is 30.5. The number of carbonyl (C=O) groups excluding carboxylic acids is 2. The maximum absolute atomic E-state index is 13.7. The second-order valence-corrected chi connectivity index (χ2v) is 13.6. The molecule has 10 nitrogen and oxygen atoms in total. The van der Waals surface area contributed by atoms with Crippen molar-refractivity contribution in [2.75, 3.05) is 32.1 Å². The van der Waals surface area contributed by atoms with Gasteiger partial charge in [0.2, 0.25) is 10.0 Å². The molecule has 226 valence electrons. The minimum atomic E-state index is -4.01. The van der Waals surface area contributed by atoms with Gasteiger partial charge in [-0.2, -0.15) is 4.31 Å². The van der Waals surface area contributed by atoms with E-state index < -0.39 is 45.7 Å². The number of rotatable bonds is 8. The number of aromatic nitrogens is 1. The van der Waals surface area contributed by atoms with E-state index in [0.717, 1.165) is 21.1 Å². The Kier molecular flexibility index (Phi) is 8.79. The molecule has 0 fully saturated rings. The predicted octanol–water partition coefficient (Wildman–Crippen LogP) is 4.23. The Bertz CT molecular complexity index is 1730. The number of aliphatic hydroxyl groups excluding tert-OH is 1. The summed E-state index contributed by atoms with van der Waals surface area (Å²) in [4.78, 5) is 32.9. The lowest BCUT2D eigenvalue weighted by Gasteiger charge is -2.38. The summed E-state index contributed by atoms with van der Waals surface area (Å²) >= 11 is 1.22. The summed E-state index contributed by atoms with van der Waals surface area (Å²) in [6.07, 6.45) is -0.777. The highest BCUT2D eigenvalue weighted by molar-refractivity contribution is 7.89. The molecule has 1 aliphatic heterocycles. The molecule has 3 aromatic carbocycles. The number of hydrogen-bond donors (Lipinski definition) is 2. The number of nitrogens with one attached hydrogen (secondary N) is 1. The van der Waals surface area contributed by atoms with Gasteiger partial charge in [-0.15, -0.1) is 11.3 Å². The van der Waals surface area contributed by atoms with Crippen molar-refractivity contribution in [2.45, 2.75) is 30.9 Å². The van der Waals surface area contributed by atoms with Gasteiger partial charge in [-0.05, 0) is 55.5 Å². The number of nitrogens with zero attached hydrogens (tertiary/aromatic N) is 3. The zero-order chi connectivity index (χ0) is 30.9. The zero-order valence-electron chi connectivity index (χ0n) is 23.7. The molecule has 0 saturated carbocycles. The van der Waals surface area contributed by atoms with E-state index in [1.807, 2.05) is 31.2 Å². The van der Waals surface area contributed by atoms with E-state index in [1.54, 1.807) is 25.1 Å². The maximum atomic E-state index is 13.7. The first-order chi connectivity index (χ1) is 20.5. The van der Waals surface area contributed by atoms with Crippen molar-refractivity contribution >= 4 is 49.1 Å². The summed E-state index contributed by atoms with van der Waals surface area (Å²) in [6.45, 7) is 3.31. The molecular weight excluding hydrogens is 595 g/mol. The van der Waals surface area contributed by atoms with E-state index in [4.69, 9.17) is 4.74 Å². The number of thiazole rings is 1. The van der Waals surface area contributed by atoms with Crippen LogP contribution in [-0.2, 0) is 10.0 Å². The smallest absolute Gasteiger partial charge is 0.284 e. The highest BCUT2D eigenvalue weighted by Gasteiger charge is 2.36. The van der Waals surface area contributed by atoms with Crippen molar-refractivity contribution < 1.29 is 32.2 Å². The minimum Gasteiger partial charge on any atom is -0.486 e. The fourth-order valence-electron chi connectivity index (χ4n) is 4.84. The van der Waals surface area contributed by atoms with Crippen molar-refractivity contribution in [1.29, 1.82) is 0 Å². The van der Waals surface area contributed by atoms with Gasteiger partial charge >= 0.3 is 0 Å². The third-order valence-corrected chi connectivity index (χ3v) is 10.3. The highest BCUT2D eigenvalue weighted by atomic mass is 32.2. The van der Waals surface area contributed by atoms with E-state index >= 15 is 0 Å². The molecular formula is C30H31FN4O6S2. The maximum Gasteiger partial charge on any atom is 0.284 e. The number of halogens is 1. The predicted molar refractivity (Wildman–Crippen MR) is 161 cm³/mol. The Balaban J connectivity index is 1.51. The quantitative estimate of drug-likeness (QED) is 0.300. The Labute approximate surface area is 252 Å². The van der Waals surface area contributed by atoms with Gasteiger partial charge in [-0.25, -0.2) is 17.8 Å². The van der Waals surface area contributed by atoms with Crippen molar-refractivity contribution in [3.05, 3.63) is 83.1 Å². The average Bonchev–Trinajstić information content (AvgIpc) is 3.44. The van der Waals surface area contributed by atoms with Gasteiger partial charge in [-0.1, -0.05) is 25.1 Å². The normalized spacial score (nSPS) is 18.1. The molecule has 0 aliphatic carbocycles. The van der Waals surface area contributed by atoms with Gasteiger partial charge in [0, 0.05) is 19.5 Å². The summed E-state index contributed by atoms with van der Waals surface area (Å²) in [6, 6.07) is 16.1. The van der Waals surface area contributed by atoms with Crippen molar-refractivity contribution in [3.63, 3.8) is 0 Å². The molecule has 43 heavy (non-hydrogen) atoms.